The van der Waals surface area contributed by atoms with Crippen molar-refractivity contribution in [1.29, 1.82) is 0 Å². The Morgan fingerprint density at radius 2 is 2.11 bits per heavy atom. The quantitative estimate of drug-likeness (QED) is 0.846. The largest absolute Gasteiger partial charge is 0.454 e. The Morgan fingerprint density at radius 3 is 2.74 bits per heavy atom. The van der Waals surface area contributed by atoms with Crippen molar-refractivity contribution in [3.63, 3.8) is 0 Å². The molecule has 1 heterocycles. The van der Waals surface area contributed by atoms with Crippen LogP contribution in [0.25, 0.3) is 0 Å². The van der Waals surface area contributed by atoms with E-state index in [0.717, 1.165) is 11.8 Å². The molecule has 2 rings (SSSR count). The fourth-order valence-corrected chi connectivity index (χ4v) is 1.76. The van der Waals surface area contributed by atoms with Gasteiger partial charge >= 0.3 is 0 Å². The third kappa shape index (κ3) is 2.70. The molecule has 1 amide bonds. The maximum Gasteiger partial charge on any atom is 0.231 e. The van der Waals surface area contributed by atoms with Crippen LogP contribution < -0.4 is 14.8 Å². The van der Waals surface area contributed by atoms with Crippen LogP contribution in [0.4, 0.5) is 0 Å². The fourth-order valence-electron chi connectivity index (χ4n) is 1.76. The van der Waals surface area contributed by atoms with Crippen molar-refractivity contribution in [1.82, 2.24) is 5.32 Å². The summed E-state index contributed by atoms with van der Waals surface area (Å²) in [5.74, 6) is 0.951. The maximum atomic E-state index is 11.8. The molecular formula is C14H17NO4. The Hall–Kier alpha value is -2.04. The Bertz CT molecular complexity index is 517. The van der Waals surface area contributed by atoms with Crippen molar-refractivity contribution in [2.24, 2.45) is 5.41 Å². The van der Waals surface area contributed by atoms with Crippen LogP contribution in [0.1, 0.15) is 36.7 Å². The molecule has 1 N–H and O–H groups in total. The summed E-state index contributed by atoms with van der Waals surface area (Å²) in [7, 11) is 0. The molecule has 0 aliphatic carbocycles. The number of rotatable bonds is 3. The van der Waals surface area contributed by atoms with Gasteiger partial charge in [0.2, 0.25) is 12.7 Å². The normalized spacial score (nSPS) is 13.2. The van der Waals surface area contributed by atoms with E-state index in [1.165, 1.54) is 0 Å². The van der Waals surface area contributed by atoms with Crippen LogP contribution in [-0.2, 0) is 11.3 Å². The van der Waals surface area contributed by atoms with Crippen molar-refractivity contribution in [3.8, 4) is 11.5 Å². The van der Waals surface area contributed by atoms with Gasteiger partial charge in [0.1, 0.15) is 0 Å². The summed E-state index contributed by atoms with van der Waals surface area (Å²) in [6, 6.07) is 3.51. The van der Waals surface area contributed by atoms with Gasteiger partial charge in [-0.15, -0.1) is 0 Å². The molecule has 0 spiro atoms. The van der Waals surface area contributed by atoms with Crippen molar-refractivity contribution in [2.75, 3.05) is 6.79 Å². The van der Waals surface area contributed by atoms with Gasteiger partial charge in [0.25, 0.3) is 0 Å². The predicted octanol–water partition coefficient (Wildman–Crippen LogP) is 1.89. The average molecular weight is 263 g/mol. The first-order valence-corrected chi connectivity index (χ1v) is 6.08. The number of ether oxygens (including phenoxy) is 2. The molecule has 5 nitrogen and oxygen atoms in total. The summed E-state index contributed by atoms with van der Waals surface area (Å²) in [6.45, 7) is 5.92. The third-order valence-electron chi connectivity index (χ3n) is 2.91. The molecule has 0 bridgehead atoms. The standard InChI is InChI=1S/C14H17NO4/c1-14(2,3)13(17)15-6-9-4-5-11-12(10(9)7-16)19-8-18-11/h4-5,7H,6,8H2,1-3H3,(H,15,17). The lowest BCUT2D eigenvalue weighted by molar-refractivity contribution is -0.128. The number of nitrogens with one attached hydrogen (secondary N) is 1. The zero-order valence-electron chi connectivity index (χ0n) is 11.3. The van der Waals surface area contributed by atoms with E-state index in [2.05, 4.69) is 5.32 Å². The number of hydrogen-bond donors (Lipinski definition) is 1. The number of fused-ring (bicyclic) bond motifs is 1. The molecule has 0 fully saturated rings. The minimum absolute atomic E-state index is 0.0676. The minimum Gasteiger partial charge on any atom is -0.454 e. The lowest BCUT2D eigenvalue weighted by atomic mass is 9.95. The van der Waals surface area contributed by atoms with E-state index in [4.69, 9.17) is 9.47 Å². The highest BCUT2D eigenvalue weighted by molar-refractivity contribution is 5.85. The van der Waals surface area contributed by atoms with Crippen LogP contribution in [0.5, 0.6) is 11.5 Å². The van der Waals surface area contributed by atoms with E-state index < -0.39 is 5.41 Å². The van der Waals surface area contributed by atoms with Crippen LogP contribution in [-0.4, -0.2) is 19.0 Å². The molecule has 0 radical (unpaired) electrons. The zero-order valence-corrected chi connectivity index (χ0v) is 11.3. The Morgan fingerprint density at radius 1 is 1.37 bits per heavy atom. The number of carbonyl (C=O) groups excluding carboxylic acids is 2. The summed E-state index contributed by atoms with van der Waals surface area (Å²) in [5.41, 5.74) is 0.693. The van der Waals surface area contributed by atoms with E-state index in [-0.39, 0.29) is 12.7 Å². The van der Waals surface area contributed by atoms with Crippen LogP contribution in [0, 0.1) is 5.41 Å². The molecule has 0 saturated carbocycles. The summed E-state index contributed by atoms with van der Waals surface area (Å²) >= 11 is 0. The first-order chi connectivity index (χ1) is 8.93. The molecule has 1 aromatic carbocycles. The smallest absolute Gasteiger partial charge is 0.231 e. The van der Waals surface area contributed by atoms with Gasteiger partial charge in [0.15, 0.2) is 17.8 Å². The topological polar surface area (TPSA) is 64.6 Å². The van der Waals surface area contributed by atoms with Crippen LogP contribution in [0.3, 0.4) is 0 Å². The molecule has 5 heteroatoms. The SMILES string of the molecule is CC(C)(C)C(=O)NCc1ccc2c(c1C=O)OCO2. The predicted molar refractivity (Wildman–Crippen MR) is 69.3 cm³/mol. The first-order valence-electron chi connectivity index (χ1n) is 6.08. The lowest BCUT2D eigenvalue weighted by Gasteiger charge is -2.18. The molecule has 1 aliphatic rings. The molecule has 1 aliphatic heterocycles. The minimum atomic E-state index is -0.461. The molecule has 102 valence electrons. The fraction of sp³-hybridized carbons (Fsp3) is 0.429. The van der Waals surface area contributed by atoms with Crippen molar-refractivity contribution >= 4 is 12.2 Å². The van der Waals surface area contributed by atoms with Gasteiger partial charge in [-0.05, 0) is 11.6 Å². The number of benzene rings is 1. The molecule has 0 atom stereocenters. The zero-order chi connectivity index (χ0) is 14.0. The number of aldehydes is 1. The molecule has 0 saturated heterocycles. The maximum absolute atomic E-state index is 11.8. The summed E-state index contributed by atoms with van der Waals surface area (Å²) in [5, 5.41) is 2.81. The highest BCUT2D eigenvalue weighted by Gasteiger charge is 2.23. The van der Waals surface area contributed by atoms with E-state index in [9.17, 15) is 9.59 Å². The Balaban J connectivity index is 2.18. The van der Waals surface area contributed by atoms with Crippen molar-refractivity contribution in [2.45, 2.75) is 27.3 Å². The highest BCUT2D eigenvalue weighted by atomic mass is 16.7. The second-order valence-electron chi connectivity index (χ2n) is 5.42. The van der Waals surface area contributed by atoms with Gasteiger partial charge in [0, 0.05) is 12.0 Å². The van der Waals surface area contributed by atoms with E-state index in [1.807, 2.05) is 20.8 Å². The summed E-state index contributed by atoms with van der Waals surface area (Å²) in [6.07, 6.45) is 0.728. The van der Waals surface area contributed by atoms with Gasteiger partial charge < -0.3 is 14.8 Å². The number of carbonyl (C=O) groups is 2. The Labute approximate surface area is 111 Å². The number of hydrogen-bond acceptors (Lipinski definition) is 4. The van der Waals surface area contributed by atoms with Gasteiger partial charge in [-0.25, -0.2) is 0 Å². The molecule has 19 heavy (non-hydrogen) atoms. The Kier molecular flexibility index (Phi) is 3.46. The number of amides is 1. The van der Waals surface area contributed by atoms with Crippen molar-refractivity contribution < 1.29 is 19.1 Å². The molecule has 0 aromatic heterocycles. The van der Waals surface area contributed by atoms with Crippen LogP contribution in [0.15, 0.2) is 12.1 Å². The second-order valence-corrected chi connectivity index (χ2v) is 5.42. The van der Waals surface area contributed by atoms with Crippen molar-refractivity contribution in [3.05, 3.63) is 23.3 Å². The average Bonchev–Trinajstić information content (AvgIpc) is 2.82. The van der Waals surface area contributed by atoms with E-state index in [0.29, 0.717) is 23.6 Å². The second kappa shape index (κ2) is 4.91. The first kappa shape index (κ1) is 13.4. The van der Waals surface area contributed by atoms with Gasteiger partial charge in [-0.3, -0.25) is 9.59 Å². The van der Waals surface area contributed by atoms with Gasteiger partial charge in [-0.1, -0.05) is 26.8 Å². The molecule has 1 aromatic rings. The van der Waals surface area contributed by atoms with Gasteiger partial charge in [-0.2, -0.15) is 0 Å². The monoisotopic (exact) mass is 263 g/mol. The van der Waals surface area contributed by atoms with Crippen LogP contribution >= 0.6 is 0 Å². The van der Waals surface area contributed by atoms with Crippen LogP contribution in [0.2, 0.25) is 0 Å². The molecular weight excluding hydrogens is 246 g/mol. The van der Waals surface area contributed by atoms with E-state index in [1.54, 1.807) is 12.1 Å². The summed E-state index contributed by atoms with van der Waals surface area (Å²) in [4.78, 5) is 23.0. The highest BCUT2D eigenvalue weighted by Crippen LogP contribution is 2.36. The molecule has 0 unspecified atom stereocenters. The van der Waals surface area contributed by atoms with Gasteiger partial charge in [0.05, 0.1) is 5.56 Å². The lowest BCUT2D eigenvalue weighted by Crippen LogP contribution is -2.34. The summed E-state index contributed by atoms with van der Waals surface area (Å²) < 4.78 is 10.5. The third-order valence-corrected chi connectivity index (χ3v) is 2.91. The van der Waals surface area contributed by atoms with E-state index >= 15 is 0 Å².